The molecule has 0 heterocycles. The minimum absolute atomic E-state index is 0.164. The molecule has 2 aliphatic carbocycles. The minimum atomic E-state index is -0.176. The summed E-state index contributed by atoms with van der Waals surface area (Å²) in [7, 11) is 0. The molecule has 2 fully saturated rings. The summed E-state index contributed by atoms with van der Waals surface area (Å²) in [6, 6.07) is 8.82. The quantitative estimate of drug-likeness (QED) is 0.344. The summed E-state index contributed by atoms with van der Waals surface area (Å²) in [5, 5.41) is 0. The maximum Gasteiger partial charge on any atom is 0.200 e. The fourth-order valence-electron chi connectivity index (χ4n) is 6.46. The normalized spacial score (nSPS) is 21.2. The highest BCUT2D eigenvalue weighted by Gasteiger charge is 2.44. The Morgan fingerprint density at radius 3 is 1.67 bits per heavy atom. The molecule has 1 aromatic rings. The van der Waals surface area contributed by atoms with E-state index in [0.717, 1.165) is 24.0 Å². The first kappa shape index (κ1) is 26.6. The molecule has 0 N–H and O–H groups in total. The highest BCUT2D eigenvalue weighted by atomic mass is 16.7. The van der Waals surface area contributed by atoms with Crippen molar-refractivity contribution in [2.24, 2.45) is 22.7 Å². The Hall–Kier alpha value is -1.02. The molecule has 0 aliphatic heterocycles. The zero-order chi connectivity index (χ0) is 24.1. The monoisotopic (exact) mass is 456 g/mol. The summed E-state index contributed by atoms with van der Waals surface area (Å²) in [6.07, 6.45) is 15.0. The molecule has 1 aromatic carbocycles. The second-order valence-corrected chi connectivity index (χ2v) is 12.8. The first-order valence-corrected chi connectivity index (χ1v) is 14.0. The van der Waals surface area contributed by atoms with Gasteiger partial charge in [0.1, 0.15) is 5.75 Å². The average molecular weight is 457 g/mol. The van der Waals surface area contributed by atoms with Gasteiger partial charge in [-0.1, -0.05) is 85.3 Å². The second-order valence-electron chi connectivity index (χ2n) is 12.8. The highest BCUT2D eigenvalue weighted by molar-refractivity contribution is 5.30. The van der Waals surface area contributed by atoms with Gasteiger partial charge in [-0.2, -0.15) is 0 Å². The molecule has 0 saturated heterocycles. The van der Waals surface area contributed by atoms with Gasteiger partial charge in [-0.3, -0.25) is 0 Å². The van der Waals surface area contributed by atoms with Crippen LogP contribution in [0.1, 0.15) is 131 Å². The molecule has 0 amide bonds. The molecule has 2 nitrogen and oxygen atoms in total. The Morgan fingerprint density at radius 2 is 1.24 bits per heavy atom. The summed E-state index contributed by atoms with van der Waals surface area (Å²) in [5.74, 6) is 3.08. The molecule has 2 unspecified atom stereocenters. The molecule has 33 heavy (non-hydrogen) atoms. The van der Waals surface area contributed by atoms with Gasteiger partial charge >= 0.3 is 0 Å². The molecule has 2 atom stereocenters. The van der Waals surface area contributed by atoms with Crippen LogP contribution >= 0.6 is 0 Å². The van der Waals surface area contributed by atoms with Crippen LogP contribution in [-0.4, -0.2) is 12.4 Å². The van der Waals surface area contributed by atoms with E-state index in [4.69, 9.17) is 9.47 Å². The van der Waals surface area contributed by atoms with Crippen LogP contribution in [0.15, 0.2) is 24.3 Å². The second kappa shape index (κ2) is 11.6. The van der Waals surface area contributed by atoms with Gasteiger partial charge in [0.2, 0.25) is 6.29 Å². The molecule has 188 valence electrons. The minimum Gasteiger partial charge on any atom is -0.465 e. The van der Waals surface area contributed by atoms with Crippen LogP contribution in [-0.2, 0) is 4.74 Å². The lowest BCUT2D eigenvalue weighted by molar-refractivity contribution is -0.146. The van der Waals surface area contributed by atoms with E-state index >= 15 is 0 Å². The van der Waals surface area contributed by atoms with Crippen LogP contribution in [0.5, 0.6) is 5.75 Å². The molecule has 0 radical (unpaired) electrons. The van der Waals surface area contributed by atoms with E-state index < -0.39 is 0 Å². The number of rotatable bonds is 9. The van der Waals surface area contributed by atoms with Gasteiger partial charge in [-0.05, 0) is 85.8 Å². The number of hydrogen-bond acceptors (Lipinski definition) is 2. The van der Waals surface area contributed by atoms with Crippen molar-refractivity contribution in [2.45, 2.75) is 137 Å². The van der Waals surface area contributed by atoms with Gasteiger partial charge in [0.05, 0.1) is 6.10 Å². The fraction of sp³-hybridized carbons (Fsp3) is 0.806. The van der Waals surface area contributed by atoms with Gasteiger partial charge < -0.3 is 9.47 Å². The maximum absolute atomic E-state index is 6.60. The fourth-order valence-corrected chi connectivity index (χ4v) is 6.46. The Morgan fingerprint density at radius 1 is 0.758 bits per heavy atom. The van der Waals surface area contributed by atoms with Gasteiger partial charge in [0, 0.05) is 6.42 Å². The van der Waals surface area contributed by atoms with Crippen LogP contribution in [0.2, 0.25) is 0 Å². The molecule has 0 aromatic heterocycles. The van der Waals surface area contributed by atoms with E-state index in [9.17, 15) is 0 Å². The van der Waals surface area contributed by atoms with E-state index in [1.807, 2.05) is 0 Å². The zero-order valence-corrected chi connectivity index (χ0v) is 22.8. The molecule has 2 heteroatoms. The van der Waals surface area contributed by atoms with Crippen molar-refractivity contribution >= 4 is 0 Å². The predicted molar refractivity (Wildman–Crippen MR) is 141 cm³/mol. The number of benzene rings is 1. The summed E-state index contributed by atoms with van der Waals surface area (Å²) in [4.78, 5) is 0. The van der Waals surface area contributed by atoms with Crippen molar-refractivity contribution in [3.8, 4) is 5.75 Å². The van der Waals surface area contributed by atoms with Crippen LogP contribution in [0.4, 0.5) is 0 Å². The first-order chi connectivity index (χ1) is 15.6. The Labute approximate surface area is 205 Å². The molecule has 0 bridgehead atoms. The molecular weight excluding hydrogens is 404 g/mol. The van der Waals surface area contributed by atoms with Crippen molar-refractivity contribution in [3.05, 3.63) is 29.8 Å². The predicted octanol–water partition coefficient (Wildman–Crippen LogP) is 9.52. The number of ether oxygens (including phenoxy) is 2. The van der Waals surface area contributed by atoms with E-state index in [2.05, 4.69) is 72.7 Å². The van der Waals surface area contributed by atoms with Gasteiger partial charge in [-0.25, -0.2) is 0 Å². The van der Waals surface area contributed by atoms with Gasteiger partial charge in [0.25, 0.3) is 0 Å². The van der Waals surface area contributed by atoms with Crippen LogP contribution in [0.3, 0.4) is 0 Å². The average Bonchev–Trinajstić information content (AvgIpc) is 2.79. The van der Waals surface area contributed by atoms with Gasteiger partial charge in [-0.15, -0.1) is 0 Å². The van der Waals surface area contributed by atoms with Crippen molar-refractivity contribution < 1.29 is 9.47 Å². The van der Waals surface area contributed by atoms with Crippen LogP contribution in [0, 0.1) is 22.7 Å². The maximum atomic E-state index is 6.60. The topological polar surface area (TPSA) is 18.5 Å². The first-order valence-electron chi connectivity index (χ1n) is 14.0. The van der Waals surface area contributed by atoms with Crippen molar-refractivity contribution in [1.82, 2.24) is 0 Å². The largest absolute Gasteiger partial charge is 0.465 e. The number of hydrogen-bond donors (Lipinski definition) is 0. The SMILES string of the molecule is CC(C)OC(CC(C)(C1CCCCC1)C1CCCCC1)Oc1ccc(C(C)C(C)(C)C)cc1. The van der Waals surface area contributed by atoms with Crippen LogP contribution in [0.25, 0.3) is 0 Å². The third-order valence-corrected chi connectivity index (χ3v) is 9.05. The molecular formula is C31H52O2. The molecule has 2 aliphatic rings. The summed E-state index contributed by atoms with van der Waals surface area (Å²) < 4.78 is 13.0. The van der Waals surface area contributed by atoms with E-state index in [1.165, 1.54) is 69.8 Å². The van der Waals surface area contributed by atoms with E-state index in [1.54, 1.807) is 0 Å². The lowest BCUT2D eigenvalue weighted by Crippen LogP contribution is -2.42. The highest BCUT2D eigenvalue weighted by Crippen LogP contribution is 2.51. The van der Waals surface area contributed by atoms with Crippen molar-refractivity contribution in [1.29, 1.82) is 0 Å². The summed E-state index contributed by atoms with van der Waals surface area (Å²) in [6.45, 7) is 16.1. The van der Waals surface area contributed by atoms with Crippen molar-refractivity contribution in [3.63, 3.8) is 0 Å². The molecule has 3 rings (SSSR count). The molecule has 2 saturated carbocycles. The smallest absolute Gasteiger partial charge is 0.200 e. The van der Waals surface area contributed by atoms with Gasteiger partial charge in [0.15, 0.2) is 0 Å². The summed E-state index contributed by atoms with van der Waals surface area (Å²) >= 11 is 0. The third-order valence-electron chi connectivity index (χ3n) is 9.05. The lowest BCUT2D eigenvalue weighted by Gasteiger charge is -2.48. The Bertz CT molecular complexity index is 669. The molecule has 0 spiro atoms. The van der Waals surface area contributed by atoms with E-state index in [-0.39, 0.29) is 17.8 Å². The summed E-state index contributed by atoms with van der Waals surface area (Å²) in [5.41, 5.74) is 1.94. The van der Waals surface area contributed by atoms with E-state index in [0.29, 0.717) is 11.3 Å². The third kappa shape index (κ3) is 7.23. The van der Waals surface area contributed by atoms with Crippen LogP contribution < -0.4 is 4.74 Å². The lowest BCUT2D eigenvalue weighted by atomic mass is 9.58. The standard InChI is InChI=1S/C31H52O2/c1-23(2)32-29(33-28-20-18-25(19-21-28)24(3)30(4,5)6)22-31(7,26-14-10-8-11-15-26)27-16-12-9-13-17-27/h18-21,23-24,26-27,29H,8-17,22H2,1-7H3. The zero-order valence-electron chi connectivity index (χ0n) is 22.8. The van der Waals surface area contributed by atoms with Crippen molar-refractivity contribution in [2.75, 3.05) is 0 Å². The Kier molecular flexibility index (Phi) is 9.35. The Balaban J connectivity index is 1.78.